The number of amides is 4. The van der Waals surface area contributed by atoms with Crippen LogP contribution in [0.2, 0.25) is 0 Å². The third kappa shape index (κ3) is 4.07. The normalized spacial score (nSPS) is 14.1. The summed E-state index contributed by atoms with van der Waals surface area (Å²) in [5.74, 6) is -0.699. The first kappa shape index (κ1) is 21.5. The average molecular weight is 491 g/mol. The van der Waals surface area contributed by atoms with Crippen molar-refractivity contribution in [3.8, 4) is 5.75 Å². The molecule has 0 N–H and O–H groups in total. The lowest BCUT2D eigenvalue weighted by Crippen LogP contribution is -2.57. The molecule has 0 aliphatic carbocycles. The van der Waals surface area contributed by atoms with Crippen molar-refractivity contribution >= 4 is 51.2 Å². The van der Waals surface area contributed by atoms with Crippen LogP contribution in [0.15, 0.2) is 88.9 Å². The van der Waals surface area contributed by atoms with Gasteiger partial charge in [-0.05, 0) is 70.9 Å². The number of hydrogen-bond acceptors (Lipinski definition) is 4. The summed E-state index contributed by atoms with van der Waals surface area (Å²) in [5.41, 5.74) is 1.27. The standard InChI is InChI=1S/C25H19BrN2O4/c1-2-32-22-14-13-17(16-21(22)26)15-20-23(29)27(18-9-5-3-6-10-18)25(31)28(24(20)30)19-11-7-4-8-12-19/h3-16H,2H2,1H3. The number of carbonyl (C=O) groups is 3. The minimum atomic E-state index is -0.720. The van der Waals surface area contributed by atoms with Crippen LogP contribution in [-0.2, 0) is 9.59 Å². The van der Waals surface area contributed by atoms with Crippen LogP contribution in [-0.4, -0.2) is 24.5 Å². The molecule has 0 spiro atoms. The van der Waals surface area contributed by atoms with Crippen LogP contribution >= 0.6 is 15.9 Å². The lowest BCUT2D eigenvalue weighted by Gasteiger charge is -2.33. The van der Waals surface area contributed by atoms with Gasteiger partial charge in [-0.15, -0.1) is 0 Å². The van der Waals surface area contributed by atoms with E-state index in [2.05, 4.69) is 15.9 Å². The van der Waals surface area contributed by atoms with Crippen LogP contribution in [0, 0.1) is 0 Å². The van der Waals surface area contributed by atoms with Gasteiger partial charge in [-0.3, -0.25) is 9.59 Å². The Balaban J connectivity index is 1.82. The molecule has 1 aliphatic heterocycles. The molecule has 32 heavy (non-hydrogen) atoms. The molecule has 1 aliphatic rings. The monoisotopic (exact) mass is 490 g/mol. The zero-order chi connectivity index (χ0) is 22.7. The fraction of sp³-hybridized carbons (Fsp3) is 0.0800. The van der Waals surface area contributed by atoms with E-state index >= 15 is 0 Å². The second-order valence-corrected chi connectivity index (χ2v) is 7.77. The Bertz CT molecular complexity index is 1150. The number of para-hydroxylation sites is 2. The van der Waals surface area contributed by atoms with Crippen LogP contribution in [0.5, 0.6) is 5.75 Å². The Morgan fingerprint density at radius 2 is 1.34 bits per heavy atom. The number of nitrogens with zero attached hydrogens (tertiary/aromatic N) is 2. The molecule has 0 radical (unpaired) electrons. The van der Waals surface area contributed by atoms with Gasteiger partial charge in [0.1, 0.15) is 11.3 Å². The number of imide groups is 2. The second-order valence-electron chi connectivity index (χ2n) is 6.92. The van der Waals surface area contributed by atoms with Gasteiger partial charge in [-0.25, -0.2) is 14.6 Å². The van der Waals surface area contributed by atoms with Gasteiger partial charge in [0.15, 0.2) is 0 Å². The molecular formula is C25H19BrN2O4. The number of hydrogen-bond donors (Lipinski definition) is 0. The average Bonchev–Trinajstić information content (AvgIpc) is 2.80. The number of carbonyl (C=O) groups excluding carboxylic acids is 3. The summed E-state index contributed by atoms with van der Waals surface area (Å²) >= 11 is 3.45. The van der Waals surface area contributed by atoms with Crippen molar-refractivity contribution in [2.24, 2.45) is 0 Å². The lowest BCUT2D eigenvalue weighted by molar-refractivity contribution is -0.121. The number of anilines is 2. The fourth-order valence-electron chi connectivity index (χ4n) is 3.39. The first-order valence-corrected chi connectivity index (χ1v) is 10.8. The first-order valence-electron chi connectivity index (χ1n) is 9.98. The van der Waals surface area contributed by atoms with Crippen molar-refractivity contribution < 1.29 is 19.1 Å². The molecule has 160 valence electrons. The molecule has 1 heterocycles. The number of benzene rings is 3. The zero-order valence-electron chi connectivity index (χ0n) is 17.2. The molecule has 1 fully saturated rings. The van der Waals surface area contributed by atoms with Gasteiger partial charge in [0.05, 0.1) is 22.5 Å². The number of barbiturate groups is 1. The minimum absolute atomic E-state index is 0.117. The van der Waals surface area contributed by atoms with Crippen molar-refractivity contribution in [1.82, 2.24) is 0 Å². The van der Waals surface area contributed by atoms with E-state index in [0.29, 0.717) is 33.8 Å². The summed E-state index contributed by atoms with van der Waals surface area (Å²) in [4.78, 5) is 42.0. The maximum absolute atomic E-state index is 13.3. The Labute approximate surface area is 193 Å². The maximum Gasteiger partial charge on any atom is 0.343 e. The van der Waals surface area contributed by atoms with E-state index in [9.17, 15) is 14.4 Å². The van der Waals surface area contributed by atoms with E-state index in [-0.39, 0.29) is 5.57 Å². The molecule has 3 aromatic rings. The molecule has 6 nitrogen and oxygen atoms in total. The molecule has 0 bridgehead atoms. The van der Waals surface area contributed by atoms with Gasteiger partial charge in [0.25, 0.3) is 11.8 Å². The third-order valence-corrected chi connectivity index (χ3v) is 5.46. The van der Waals surface area contributed by atoms with Crippen LogP contribution < -0.4 is 14.5 Å². The Kier molecular flexibility index (Phi) is 6.18. The van der Waals surface area contributed by atoms with Crippen molar-refractivity contribution in [3.63, 3.8) is 0 Å². The van der Waals surface area contributed by atoms with Crippen LogP contribution in [0.4, 0.5) is 16.2 Å². The lowest BCUT2D eigenvalue weighted by atomic mass is 10.0. The summed E-state index contributed by atoms with van der Waals surface area (Å²) in [5, 5.41) is 0. The van der Waals surface area contributed by atoms with Gasteiger partial charge in [0, 0.05) is 0 Å². The highest BCUT2D eigenvalue weighted by Gasteiger charge is 2.43. The zero-order valence-corrected chi connectivity index (χ0v) is 18.8. The fourth-order valence-corrected chi connectivity index (χ4v) is 3.90. The van der Waals surface area contributed by atoms with Crippen molar-refractivity contribution in [1.29, 1.82) is 0 Å². The van der Waals surface area contributed by atoms with E-state index in [1.165, 1.54) is 6.08 Å². The smallest absolute Gasteiger partial charge is 0.343 e. The molecule has 0 saturated carbocycles. The van der Waals surface area contributed by atoms with E-state index < -0.39 is 17.8 Å². The van der Waals surface area contributed by atoms with Crippen LogP contribution in [0.1, 0.15) is 12.5 Å². The van der Waals surface area contributed by atoms with E-state index in [4.69, 9.17) is 4.74 Å². The van der Waals surface area contributed by atoms with Crippen LogP contribution in [0.3, 0.4) is 0 Å². The van der Waals surface area contributed by atoms with E-state index in [1.807, 2.05) is 6.92 Å². The summed E-state index contributed by atoms with van der Waals surface area (Å²) in [6, 6.07) is 21.6. The summed E-state index contributed by atoms with van der Waals surface area (Å²) < 4.78 is 6.22. The Hall–Kier alpha value is -3.71. The Morgan fingerprint density at radius 3 is 1.81 bits per heavy atom. The largest absolute Gasteiger partial charge is 0.493 e. The molecular weight excluding hydrogens is 472 g/mol. The maximum atomic E-state index is 13.3. The highest BCUT2D eigenvalue weighted by Crippen LogP contribution is 2.31. The van der Waals surface area contributed by atoms with Gasteiger partial charge in [0.2, 0.25) is 0 Å². The van der Waals surface area contributed by atoms with Crippen molar-refractivity contribution in [2.45, 2.75) is 6.92 Å². The molecule has 1 saturated heterocycles. The highest BCUT2D eigenvalue weighted by atomic mass is 79.9. The number of urea groups is 1. The third-order valence-electron chi connectivity index (χ3n) is 4.85. The first-order chi connectivity index (χ1) is 15.5. The predicted molar refractivity (Wildman–Crippen MR) is 127 cm³/mol. The molecule has 4 amide bonds. The summed E-state index contributed by atoms with van der Waals surface area (Å²) in [6.45, 7) is 2.39. The van der Waals surface area contributed by atoms with E-state index in [1.54, 1.807) is 78.9 Å². The summed E-state index contributed by atoms with van der Waals surface area (Å²) in [7, 11) is 0. The molecule has 7 heteroatoms. The molecule has 0 atom stereocenters. The van der Waals surface area contributed by atoms with Gasteiger partial charge < -0.3 is 4.74 Å². The van der Waals surface area contributed by atoms with Crippen molar-refractivity contribution in [2.75, 3.05) is 16.4 Å². The predicted octanol–water partition coefficient (Wildman–Crippen LogP) is 5.43. The molecule has 0 aromatic heterocycles. The number of rotatable bonds is 5. The highest BCUT2D eigenvalue weighted by molar-refractivity contribution is 9.10. The number of halogens is 1. The van der Waals surface area contributed by atoms with Gasteiger partial charge in [-0.1, -0.05) is 42.5 Å². The Morgan fingerprint density at radius 1 is 0.812 bits per heavy atom. The quantitative estimate of drug-likeness (QED) is 0.353. The van der Waals surface area contributed by atoms with Gasteiger partial charge >= 0.3 is 6.03 Å². The van der Waals surface area contributed by atoms with Crippen molar-refractivity contribution in [3.05, 3.63) is 94.5 Å². The van der Waals surface area contributed by atoms with E-state index in [0.717, 1.165) is 9.80 Å². The minimum Gasteiger partial charge on any atom is -0.493 e. The molecule has 4 rings (SSSR count). The van der Waals surface area contributed by atoms with Gasteiger partial charge in [-0.2, -0.15) is 0 Å². The van der Waals surface area contributed by atoms with Crippen LogP contribution in [0.25, 0.3) is 6.08 Å². The molecule has 0 unspecified atom stereocenters. The summed E-state index contributed by atoms with van der Waals surface area (Å²) in [6.07, 6.45) is 1.49. The topological polar surface area (TPSA) is 66.9 Å². The second kappa shape index (κ2) is 9.20. The molecule has 3 aromatic carbocycles. The number of ether oxygens (including phenoxy) is 1. The SMILES string of the molecule is CCOc1ccc(C=C2C(=O)N(c3ccccc3)C(=O)N(c3ccccc3)C2=O)cc1Br.